The highest BCUT2D eigenvalue weighted by Crippen LogP contribution is 2.28. The van der Waals surface area contributed by atoms with Crippen LogP contribution in [0.2, 0.25) is 0 Å². The first-order chi connectivity index (χ1) is 9.56. The number of benzene rings is 2. The second kappa shape index (κ2) is 6.23. The maximum Gasteiger partial charge on any atom is 0.196 e. The third-order valence-corrected chi connectivity index (χ3v) is 4.20. The molecule has 0 aliphatic carbocycles. The zero-order valence-corrected chi connectivity index (χ0v) is 13.5. The molecule has 0 fully saturated rings. The van der Waals surface area contributed by atoms with Crippen LogP contribution in [0.25, 0.3) is 0 Å². The van der Waals surface area contributed by atoms with Gasteiger partial charge < -0.3 is 4.74 Å². The van der Waals surface area contributed by atoms with Crippen molar-refractivity contribution in [2.45, 2.75) is 20.3 Å². The van der Waals surface area contributed by atoms with Gasteiger partial charge >= 0.3 is 0 Å². The molecule has 0 unspecified atom stereocenters. The fourth-order valence-electron chi connectivity index (χ4n) is 2.05. The van der Waals surface area contributed by atoms with E-state index in [2.05, 4.69) is 22.9 Å². The van der Waals surface area contributed by atoms with Gasteiger partial charge in [-0.15, -0.1) is 0 Å². The fraction of sp³-hybridized carbons (Fsp3) is 0.235. The third kappa shape index (κ3) is 2.93. The van der Waals surface area contributed by atoms with Crippen molar-refractivity contribution in [1.82, 2.24) is 0 Å². The Morgan fingerprint density at radius 1 is 1.20 bits per heavy atom. The molecule has 0 aliphatic rings. The fourth-order valence-corrected chi connectivity index (χ4v) is 2.39. The number of methoxy groups -OCH3 is 1. The number of ketones is 1. The van der Waals surface area contributed by atoms with Crippen LogP contribution in [0.3, 0.4) is 0 Å². The van der Waals surface area contributed by atoms with E-state index in [0.717, 1.165) is 16.5 Å². The van der Waals surface area contributed by atoms with Crippen molar-refractivity contribution in [3.8, 4) is 5.75 Å². The predicted molar refractivity (Wildman–Crippen MR) is 84.7 cm³/mol. The molecule has 0 amide bonds. The van der Waals surface area contributed by atoms with Crippen molar-refractivity contribution in [3.05, 3.63) is 63.1 Å². The molecular formula is C17H17BrO2. The molecule has 0 bridgehead atoms. The van der Waals surface area contributed by atoms with Crippen LogP contribution >= 0.6 is 15.9 Å². The van der Waals surface area contributed by atoms with Crippen LogP contribution < -0.4 is 4.74 Å². The van der Waals surface area contributed by atoms with E-state index in [9.17, 15) is 4.79 Å². The zero-order chi connectivity index (χ0) is 14.7. The lowest BCUT2D eigenvalue weighted by Gasteiger charge is -2.10. The molecule has 2 aromatic rings. The summed E-state index contributed by atoms with van der Waals surface area (Å²) in [5.41, 5.74) is 3.52. The Balaban J connectivity index is 2.44. The van der Waals surface area contributed by atoms with Crippen LogP contribution in [0.1, 0.15) is 34.0 Å². The lowest BCUT2D eigenvalue weighted by atomic mass is 9.99. The standard InChI is InChI=1S/C17H17BrO2/c1-4-12-5-7-13(8-6-12)17(19)14-10-15(18)11(2)9-16(14)20-3/h5-10H,4H2,1-3H3. The van der Waals surface area contributed by atoms with Crippen LogP contribution in [0.15, 0.2) is 40.9 Å². The predicted octanol–water partition coefficient (Wildman–Crippen LogP) is 4.56. The molecule has 0 saturated heterocycles. The number of rotatable bonds is 4. The van der Waals surface area contributed by atoms with Gasteiger partial charge in [0.15, 0.2) is 5.78 Å². The summed E-state index contributed by atoms with van der Waals surface area (Å²) in [5, 5.41) is 0. The smallest absolute Gasteiger partial charge is 0.196 e. The molecule has 3 heteroatoms. The first-order valence-electron chi connectivity index (χ1n) is 6.54. The molecule has 20 heavy (non-hydrogen) atoms. The summed E-state index contributed by atoms with van der Waals surface area (Å²) in [5.74, 6) is 0.584. The second-order valence-corrected chi connectivity index (χ2v) is 5.54. The summed E-state index contributed by atoms with van der Waals surface area (Å²) in [6.45, 7) is 4.06. The lowest BCUT2D eigenvalue weighted by Crippen LogP contribution is -2.05. The normalized spacial score (nSPS) is 10.4. The first kappa shape index (κ1) is 14.8. The van der Waals surface area contributed by atoms with Gasteiger partial charge in [-0.1, -0.05) is 47.1 Å². The number of aryl methyl sites for hydroxylation is 2. The van der Waals surface area contributed by atoms with E-state index in [1.165, 1.54) is 5.56 Å². The van der Waals surface area contributed by atoms with Crippen LogP contribution in [0.4, 0.5) is 0 Å². The molecule has 0 N–H and O–H groups in total. The summed E-state index contributed by atoms with van der Waals surface area (Å²) in [6.07, 6.45) is 0.966. The van der Waals surface area contributed by atoms with Gasteiger partial charge in [-0.25, -0.2) is 0 Å². The van der Waals surface area contributed by atoms with Crippen molar-refractivity contribution in [1.29, 1.82) is 0 Å². The number of ether oxygens (including phenoxy) is 1. The monoisotopic (exact) mass is 332 g/mol. The second-order valence-electron chi connectivity index (χ2n) is 4.68. The Labute approximate surface area is 127 Å². The highest BCUT2D eigenvalue weighted by atomic mass is 79.9. The summed E-state index contributed by atoms with van der Waals surface area (Å²) < 4.78 is 6.24. The van der Waals surface area contributed by atoms with Crippen LogP contribution in [0.5, 0.6) is 5.75 Å². The van der Waals surface area contributed by atoms with E-state index in [0.29, 0.717) is 16.9 Å². The van der Waals surface area contributed by atoms with Crippen molar-refractivity contribution >= 4 is 21.7 Å². The average molecular weight is 333 g/mol. The molecule has 2 aromatic carbocycles. The highest BCUT2D eigenvalue weighted by molar-refractivity contribution is 9.10. The minimum Gasteiger partial charge on any atom is -0.496 e. The van der Waals surface area contributed by atoms with E-state index >= 15 is 0 Å². The number of halogens is 1. The third-order valence-electron chi connectivity index (χ3n) is 3.35. The molecular weight excluding hydrogens is 316 g/mol. The maximum atomic E-state index is 12.6. The van der Waals surface area contributed by atoms with Gasteiger partial charge in [0, 0.05) is 10.0 Å². The highest BCUT2D eigenvalue weighted by Gasteiger charge is 2.16. The minimum absolute atomic E-state index is 0.0230. The van der Waals surface area contributed by atoms with E-state index in [1.54, 1.807) is 7.11 Å². The van der Waals surface area contributed by atoms with Gasteiger partial charge in [-0.05, 0) is 36.6 Å². The molecule has 2 rings (SSSR count). The Bertz CT molecular complexity index is 630. The molecule has 0 aromatic heterocycles. The van der Waals surface area contributed by atoms with Gasteiger partial charge in [0.05, 0.1) is 12.7 Å². The first-order valence-corrected chi connectivity index (χ1v) is 7.34. The van der Waals surface area contributed by atoms with E-state index < -0.39 is 0 Å². The minimum atomic E-state index is -0.0230. The van der Waals surface area contributed by atoms with Crippen molar-refractivity contribution in [2.75, 3.05) is 7.11 Å². The molecule has 0 radical (unpaired) electrons. The van der Waals surface area contributed by atoms with Crippen molar-refractivity contribution in [2.24, 2.45) is 0 Å². The quantitative estimate of drug-likeness (QED) is 0.767. The molecule has 0 heterocycles. The van der Waals surface area contributed by atoms with E-state index in [-0.39, 0.29) is 5.78 Å². The topological polar surface area (TPSA) is 26.3 Å². The average Bonchev–Trinajstić information content (AvgIpc) is 2.49. The van der Waals surface area contributed by atoms with Gasteiger partial charge in [0.1, 0.15) is 5.75 Å². The molecule has 0 saturated carbocycles. The van der Waals surface area contributed by atoms with Crippen molar-refractivity contribution < 1.29 is 9.53 Å². The number of carbonyl (C=O) groups excluding carboxylic acids is 1. The molecule has 104 valence electrons. The van der Waals surface area contributed by atoms with Gasteiger partial charge in [-0.2, -0.15) is 0 Å². The summed E-state index contributed by atoms with van der Waals surface area (Å²) >= 11 is 3.47. The van der Waals surface area contributed by atoms with Gasteiger partial charge in [0.25, 0.3) is 0 Å². The van der Waals surface area contributed by atoms with Crippen LogP contribution in [0, 0.1) is 6.92 Å². The maximum absolute atomic E-state index is 12.6. The molecule has 0 atom stereocenters. The molecule has 0 spiro atoms. The SMILES string of the molecule is CCc1ccc(C(=O)c2cc(Br)c(C)cc2OC)cc1. The van der Waals surface area contributed by atoms with Gasteiger partial charge in [-0.3, -0.25) is 4.79 Å². The number of hydrogen-bond acceptors (Lipinski definition) is 2. The summed E-state index contributed by atoms with van der Waals surface area (Å²) in [6, 6.07) is 11.4. The Morgan fingerprint density at radius 3 is 2.40 bits per heavy atom. The largest absolute Gasteiger partial charge is 0.496 e. The molecule has 2 nitrogen and oxygen atoms in total. The number of hydrogen-bond donors (Lipinski definition) is 0. The van der Waals surface area contributed by atoms with Crippen molar-refractivity contribution in [3.63, 3.8) is 0 Å². The Hall–Kier alpha value is -1.61. The zero-order valence-electron chi connectivity index (χ0n) is 11.9. The summed E-state index contributed by atoms with van der Waals surface area (Å²) in [7, 11) is 1.58. The Kier molecular flexibility index (Phi) is 4.61. The van der Waals surface area contributed by atoms with E-state index in [1.807, 2.05) is 43.3 Å². The number of carbonyl (C=O) groups is 1. The molecule has 0 aliphatic heterocycles. The van der Waals surface area contributed by atoms with Crippen LogP contribution in [-0.4, -0.2) is 12.9 Å². The summed E-state index contributed by atoms with van der Waals surface area (Å²) in [4.78, 5) is 12.6. The lowest BCUT2D eigenvalue weighted by molar-refractivity contribution is 0.103. The van der Waals surface area contributed by atoms with Gasteiger partial charge in [0.2, 0.25) is 0 Å². The van der Waals surface area contributed by atoms with E-state index in [4.69, 9.17) is 4.74 Å². The Morgan fingerprint density at radius 2 is 1.85 bits per heavy atom. The van der Waals surface area contributed by atoms with Crippen LogP contribution in [-0.2, 0) is 6.42 Å².